The van der Waals surface area contributed by atoms with Crippen LogP contribution in [0.3, 0.4) is 0 Å². The first-order valence-electron chi connectivity index (χ1n) is 11.6. The summed E-state index contributed by atoms with van der Waals surface area (Å²) in [7, 11) is 4.72. The largest absolute Gasteiger partial charge is 0.493 e. The SMILES string of the molecule is COc1ccc(CN2CCN(C(=O)C(CC(C)C)NC(=O)C3(C(=O)O)CO3)CC2)c(OC)c1OC. The Balaban J connectivity index is 1.63. The first-order valence-corrected chi connectivity index (χ1v) is 11.6. The lowest BCUT2D eigenvalue weighted by molar-refractivity contribution is -0.150. The summed E-state index contributed by atoms with van der Waals surface area (Å²) in [6.07, 6.45) is 0.406. The minimum Gasteiger partial charge on any atom is -0.493 e. The van der Waals surface area contributed by atoms with Crippen LogP contribution in [-0.4, -0.2) is 98.4 Å². The van der Waals surface area contributed by atoms with Gasteiger partial charge in [-0.3, -0.25) is 14.5 Å². The van der Waals surface area contributed by atoms with Gasteiger partial charge < -0.3 is 34.3 Å². The van der Waals surface area contributed by atoms with E-state index < -0.39 is 23.5 Å². The fourth-order valence-electron chi connectivity index (χ4n) is 4.27. The van der Waals surface area contributed by atoms with Crippen molar-refractivity contribution in [2.24, 2.45) is 5.92 Å². The lowest BCUT2D eigenvalue weighted by Crippen LogP contribution is -2.57. The molecule has 0 bridgehead atoms. The van der Waals surface area contributed by atoms with Gasteiger partial charge in [0.1, 0.15) is 6.04 Å². The number of amides is 2. The lowest BCUT2D eigenvalue weighted by atomic mass is 10.0. The van der Waals surface area contributed by atoms with E-state index in [1.54, 1.807) is 26.2 Å². The Morgan fingerprint density at radius 1 is 1.06 bits per heavy atom. The number of rotatable bonds is 11. The van der Waals surface area contributed by atoms with Crippen molar-refractivity contribution in [2.45, 2.75) is 38.5 Å². The summed E-state index contributed by atoms with van der Waals surface area (Å²) in [4.78, 5) is 41.1. The van der Waals surface area contributed by atoms with E-state index in [-0.39, 0.29) is 18.4 Å². The molecule has 194 valence electrons. The summed E-state index contributed by atoms with van der Waals surface area (Å²) in [6, 6.07) is 2.97. The van der Waals surface area contributed by atoms with E-state index in [1.807, 2.05) is 26.0 Å². The van der Waals surface area contributed by atoms with E-state index in [1.165, 1.54) is 0 Å². The molecule has 2 aliphatic rings. The van der Waals surface area contributed by atoms with Crippen LogP contribution in [0.4, 0.5) is 0 Å². The molecule has 2 atom stereocenters. The molecule has 0 saturated carbocycles. The van der Waals surface area contributed by atoms with Crippen LogP contribution in [0.5, 0.6) is 17.2 Å². The van der Waals surface area contributed by atoms with Crippen LogP contribution in [0.2, 0.25) is 0 Å². The van der Waals surface area contributed by atoms with Crippen LogP contribution < -0.4 is 19.5 Å². The zero-order chi connectivity index (χ0) is 25.8. The molecule has 3 rings (SSSR count). The Labute approximate surface area is 205 Å². The number of carboxylic acid groups (broad SMARTS) is 1. The number of hydrogen-bond acceptors (Lipinski definition) is 8. The monoisotopic (exact) mass is 493 g/mol. The van der Waals surface area contributed by atoms with E-state index in [0.717, 1.165) is 5.56 Å². The van der Waals surface area contributed by atoms with Crippen molar-refractivity contribution in [1.29, 1.82) is 0 Å². The van der Waals surface area contributed by atoms with Gasteiger partial charge in [-0.25, -0.2) is 4.79 Å². The van der Waals surface area contributed by atoms with Gasteiger partial charge in [-0.2, -0.15) is 0 Å². The van der Waals surface area contributed by atoms with E-state index in [0.29, 0.717) is 56.4 Å². The fraction of sp³-hybridized carbons (Fsp3) is 0.625. The van der Waals surface area contributed by atoms with Crippen LogP contribution in [0.1, 0.15) is 25.8 Å². The molecule has 0 aromatic heterocycles. The number of nitrogens with one attached hydrogen (secondary N) is 1. The molecule has 2 fully saturated rings. The first kappa shape index (κ1) is 26.6. The molecule has 2 unspecified atom stereocenters. The normalized spacial score (nSPS) is 20.8. The standard InChI is InChI=1S/C24H35N3O8/c1-15(2)12-17(25-22(29)24(14-35-24)23(30)31)21(28)27-10-8-26(9-11-27)13-16-6-7-18(32-3)20(34-5)19(16)33-4/h6-7,15,17H,8-14H2,1-5H3,(H,25,29)(H,30,31). The number of carbonyl (C=O) groups is 3. The number of epoxide rings is 1. The number of nitrogens with zero attached hydrogens (tertiary/aromatic N) is 2. The quantitative estimate of drug-likeness (QED) is 0.339. The number of carboxylic acids is 1. The molecule has 35 heavy (non-hydrogen) atoms. The van der Waals surface area contributed by atoms with Gasteiger partial charge in [-0.05, 0) is 18.4 Å². The predicted molar refractivity (Wildman–Crippen MR) is 126 cm³/mol. The number of ether oxygens (including phenoxy) is 4. The molecule has 11 nitrogen and oxygen atoms in total. The summed E-state index contributed by atoms with van der Waals surface area (Å²) >= 11 is 0. The average molecular weight is 494 g/mol. The Bertz CT molecular complexity index is 939. The van der Waals surface area contributed by atoms with Crippen molar-refractivity contribution in [3.05, 3.63) is 17.7 Å². The molecule has 0 spiro atoms. The van der Waals surface area contributed by atoms with Gasteiger partial charge in [0.05, 0.1) is 27.9 Å². The molecule has 2 heterocycles. The third kappa shape index (κ3) is 5.79. The highest BCUT2D eigenvalue weighted by Gasteiger charge is 2.60. The number of benzene rings is 1. The summed E-state index contributed by atoms with van der Waals surface area (Å²) in [6.45, 7) is 6.55. The van der Waals surface area contributed by atoms with Gasteiger partial charge in [0.15, 0.2) is 11.5 Å². The summed E-state index contributed by atoms with van der Waals surface area (Å²) < 4.78 is 21.3. The predicted octanol–water partition coefficient (Wildman–Crippen LogP) is 0.741. The third-order valence-corrected chi connectivity index (χ3v) is 6.32. The molecule has 1 aromatic rings. The smallest absolute Gasteiger partial charge is 0.348 e. The number of hydrogen-bond donors (Lipinski definition) is 2. The van der Waals surface area contributed by atoms with E-state index in [9.17, 15) is 19.5 Å². The van der Waals surface area contributed by atoms with E-state index >= 15 is 0 Å². The second kappa shape index (κ2) is 11.1. The second-order valence-electron chi connectivity index (χ2n) is 9.17. The summed E-state index contributed by atoms with van der Waals surface area (Å²) in [5, 5.41) is 11.9. The van der Waals surface area contributed by atoms with Crippen molar-refractivity contribution in [2.75, 3.05) is 54.1 Å². The highest BCUT2D eigenvalue weighted by atomic mass is 16.6. The zero-order valence-electron chi connectivity index (χ0n) is 21.0. The van der Waals surface area contributed by atoms with Gasteiger partial charge >= 0.3 is 5.97 Å². The summed E-state index contributed by atoms with van der Waals surface area (Å²) in [5.41, 5.74) is -0.926. The van der Waals surface area contributed by atoms with Gasteiger partial charge in [-0.1, -0.05) is 19.9 Å². The van der Waals surface area contributed by atoms with Crippen LogP contribution in [0.15, 0.2) is 12.1 Å². The zero-order valence-corrected chi connectivity index (χ0v) is 21.0. The fourth-order valence-corrected chi connectivity index (χ4v) is 4.27. The molecule has 11 heteroatoms. The highest BCUT2D eigenvalue weighted by molar-refractivity contribution is 6.09. The first-order chi connectivity index (χ1) is 16.7. The van der Waals surface area contributed by atoms with Crippen LogP contribution in [0.25, 0.3) is 0 Å². The molecule has 1 aromatic carbocycles. The topological polar surface area (TPSA) is 130 Å². The summed E-state index contributed by atoms with van der Waals surface area (Å²) in [5.74, 6) is -0.469. The Kier molecular flexibility index (Phi) is 8.44. The Hall–Kier alpha value is -3.05. The van der Waals surface area contributed by atoms with Crippen molar-refractivity contribution >= 4 is 17.8 Å². The lowest BCUT2D eigenvalue weighted by Gasteiger charge is -2.37. The number of aliphatic carboxylic acids is 1. The maximum absolute atomic E-state index is 13.3. The molecule has 2 amide bonds. The molecule has 2 N–H and O–H groups in total. The average Bonchev–Trinajstić information content (AvgIpc) is 3.65. The molecular weight excluding hydrogens is 458 g/mol. The van der Waals surface area contributed by atoms with Crippen molar-refractivity contribution in [1.82, 2.24) is 15.1 Å². The number of methoxy groups -OCH3 is 3. The van der Waals surface area contributed by atoms with E-state index in [4.69, 9.17) is 18.9 Å². The van der Waals surface area contributed by atoms with Gasteiger partial charge in [-0.15, -0.1) is 0 Å². The molecular formula is C24H35N3O8. The van der Waals surface area contributed by atoms with Gasteiger partial charge in [0.2, 0.25) is 11.7 Å². The highest BCUT2D eigenvalue weighted by Crippen LogP contribution is 2.40. The minimum atomic E-state index is -1.87. The number of piperazine rings is 1. The Morgan fingerprint density at radius 3 is 2.17 bits per heavy atom. The van der Waals surface area contributed by atoms with Crippen LogP contribution in [0, 0.1) is 5.92 Å². The third-order valence-electron chi connectivity index (χ3n) is 6.32. The van der Waals surface area contributed by atoms with Gasteiger partial charge in [0, 0.05) is 38.3 Å². The molecule has 2 saturated heterocycles. The van der Waals surface area contributed by atoms with Gasteiger partial charge in [0.25, 0.3) is 11.5 Å². The molecule has 0 radical (unpaired) electrons. The maximum Gasteiger partial charge on any atom is 0.348 e. The van der Waals surface area contributed by atoms with Crippen LogP contribution in [-0.2, 0) is 25.7 Å². The molecule has 2 aliphatic heterocycles. The number of carbonyl (C=O) groups excluding carboxylic acids is 2. The van der Waals surface area contributed by atoms with Crippen molar-refractivity contribution < 1.29 is 38.4 Å². The second-order valence-corrected chi connectivity index (χ2v) is 9.17. The van der Waals surface area contributed by atoms with E-state index in [2.05, 4.69) is 10.2 Å². The molecule has 0 aliphatic carbocycles. The van der Waals surface area contributed by atoms with Crippen molar-refractivity contribution in [3.8, 4) is 17.2 Å². The minimum absolute atomic E-state index is 0.129. The Morgan fingerprint density at radius 2 is 1.69 bits per heavy atom. The van der Waals surface area contributed by atoms with Crippen molar-refractivity contribution in [3.63, 3.8) is 0 Å². The maximum atomic E-state index is 13.3. The van der Waals surface area contributed by atoms with Crippen LogP contribution >= 0.6 is 0 Å².